The summed E-state index contributed by atoms with van der Waals surface area (Å²) in [6, 6.07) is 4.77. The van der Waals surface area contributed by atoms with E-state index < -0.39 is 0 Å². The highest BCUT2D eigenvalue weighted by Crippen LogP contribution is 2.29. The Morgan fingerprint density at radius 2 is 2.07 bits per heavy atom. The van der Waals surface area contributed by atoms with E-state index in [9.17, 15) is 9.18 Å². The summed E-state index contributed by atoms with van der Waals surface area (Å²) in [7, 11) is 0. The van der Waals surface area contributed by atoms with Gasteiger partial charge in [0.15, 0.2) is 0 Å². The highest BCUT2D eigenvalue weighted by molar-refractivity contribution is 5.79. The SMILES string of the molecule is CCCC1CC(=O)N(Cn2c(CC(C)CC(C)(C)C)nc3cc(F)ccc32)C1. The molecule has 28 heavy (non-hydrogen) atoms. The van der Waals surface area contributed by atoms with E-state index in [-0.39, 0.29) is 17.1 Å². The van der Waals surface area contributed by atoms with Gasteiger partial charge < -0.3 is 9.47 Å². The summed E-state index contributed by atoms with van der Waals surface area (Å²) in [5.41, 5.74) is 1.83. The molecule has 5 heteroatoms. The van der Waals surface area contributed by atoms with E-state index in [0.717, 1.165) is 43.6 Å². The minimum absolute atomic E-state index is 0.219. The summed E-state index contributed by atoms with van der Waals surface area (Å²) >= 11 is 0. The molecule has 1 aliphatic rings. The monoisotopic (exact) mass is 387 g/mol. The van der Waals surface area contributed by atoms with Gasteiger partial charge in [-0.15, -0.1) is 0 Å². The van der Waals surface area contributed by atoms with Crippen LogP contribution in [0.5, 0.6) is 0 Å². The second kappa shape index (κ2) is 8.22. The lowest BCUT2D eigenvalue weighted by atomic mass is 9.84. The van der Waals surface area contributed by atoms with Crippen LogP contribution >= 0.6 is 0 Å². The van der Waals surface area contributed by atoms with Crippen LogP contribution in [0.4, 0.5) is 4.39 Å². The molecule has 1 amide bonds. The number of likely N-dealkylation sites (tertiary alicyclic amines) is 1. The number of rotatable bonds is 7. The van der Waals surface area contributed by atoms with Crippen LogP contribution in [0.2, 0.25) is 0 Å². The average molecular weight is 388 g/mol. The molecule has 2 atom stereocenters. The zero-order valence-corrected chi connectivity index (χ0v) is 18.0. The summed E-state index contributed by atoms with van der Waals surface area (Å²) in [6.07, 6.45) is 4.76. The van der Waals surface area contributed by atoms with E-state index in [1.807, 2.05) is 4.90 Å². The van der Waals surface area contributed by atoms with Crippen LogP contribution in [0.1, 0.15) is 66.1 Å². The lowest BCUT2D eigenvalue weighted by Gasteiger charge is -2.24. The first-order chi connectivity index (χ1) is 13.2. The molecule has 154 valence electrons. The molecule has 2 heterocycles. The number of imidazole rings is 1. The fraction of sp³-hybridized carbons (Fsp3) is 0.652. The third-order valence-corrected chi connectivity index (χ3v) is 5.58. The Bertz CT molecular complexity index is 836. The molecule has 4 nitrogen and oxygen atoms in total. The molecule has 2 unspecified atom stereocenters. The Morgan fingerprint density at radius 1 is 1.32 bits per heavy atom. The van der Waals surface area contributed by atoms with Gasteiger partial charge in [-0.05, 0) is 42.2 Å². The first-order valence-corrected chi connectivity index (χ1v) is 10.6. The van der Waals surface area contributed by atoms with Gasteiger partial charge in [0.2, 0.25) is 5.91 Å². The van der Waals surface area contributed by atoms with Gasteiger partial charge in [0.1, 0.15) is 11.6 Å². The Balaban J connectivity index is 1.87. The van der Waals surface area contributed by atoms with Crippen LogP contribution < -0.4 is 0 Å². The topological polar surface area (TPSA) is 38.1 Å². The lowest BCUT2D eigenvalue weighted by molar-refractivity contribution is -0.129. The molecule has 0 aliphatic carbocycles. The molecule has 1 aromatic carbocycles. The fourth-order valence-corrected chi connectivity index (χ4v) is 4.66. The van der Waals surface area contributed by atoms with Crippen molar-refractivity contribution in [1.82, 2.24) is 14.5 Å². The standard InChI is InChI=1S/C23H34FN3O/c1-6-7-17-11-22(28)26(14-17)15-27-20-9-8-18(24)12-19(20)25-21(27)10-16(2)13-23(3,4)5/h8-9,12,16-17H,6-7,10-11,13-15H2,1-5H3. The van der Waals surface area contributed by atoms with Crippen molar-refractivity contribution in [3.63, 3.8) is 0 Å². The van der Waals surface area contributed by atoms with Gasteiger partial charge in [0, 0.05) is 25.5 Å². The highest BCUT2D eigenvalue weighted by atomic mass is 19.1. The number of nitrogens with zero attached hydrogens (tertiary/aromatic N) is 3. The first-order valence-electron chi connectivity index (χ1n) is 10.6. The zero-order valence-electron chi connectivity index (χ0n) is 18.0. The van der Waals surface area contributed by atoms with Crippen LogP contribution in [0, 0.1) is 23.1 Å². The smallest absolute Gasteiger partial charge is 0.224 e. The second-order valence-electron chi connectivity index (χ2n) is 9.78. The summed E-state index contributed by atoms with van der Waals surface area (Å²) < 4.78 is 15.9. The van der Waals surface area contributed by atoms with Gasteiger partial charge in [-0.1, -0.05) is 41.0 Å². The number of fused-ring (bicyclic) bond motifs is 1. The summed E-state index contributed by atoms with van der Waals surface area (Å²) in [5, 5.41) is 0. The quantitative estimate of drug-likeness (QED) is 0.638. The summed E-state index contributed by atoms with van der Waals surface area (Å²) in [4.78, 5) is 19.2. The number of amides is 1. The van der Waals surface area contributed by atoms with Crippen molar-refractivity contribution in [3.05, 3.63) is 29.8 Å². The van der Waals surface area contributed by atoms with Gasteiger partial charge in [-0.3, -0.25) is 4.79 Å². The Labute approximate surface area is 168 Å². The molecule has 0 radical (unpaired) electrons. The number of hydrogen-bond donors (Lipinski definition) is 0. The van der Waals surface area contributed by atoms with E-state index in [1.165, 1.54) is 12.1 Å². The Morgan fingerprint density at radius 3 is 2.75 bits per heavy atom. The molecule has 3 rings (SSSR count). The second-order valence-corrected chi connectivity index (χ2v) is 9.78. The van der Waals surface area contributed by atoms with E-state index in [2.05, 4.69) is 39.2 Å². The molecule has 0 N–H and O–H groups in total. The van der Waals surface area contributed by atoms with Crippen LogP contribution in [-0.4, -0.2) is 26.9 Å². The van der Waals surface area contributed by atoms with Crippen LogP contribution in [0.3, 0.4) is 0 Å². The molecule has 1 fully saturated rings. The highest BCUT2D eigenvalue weighted by Gasteiger charge is 2.30. The van der Waals surface area contributed by atoms with Gasteiger partial charge in [-0.2, -0.15) is 0 Å². The van der Waals surface area contributed by atoms with Crippen molar-refractivity contribution in [3.8, 4) is 0 Å². The van der Waals surface area contributed by atoms with E-state index >= 15 is 0 Å². The van der Waals surface area contributed by atoms with Crippen molar-refractivity contribution >= 4 is 16.9 Å². The minimum Gasteiger partial charge on any atom is -0.324 e. The van der Waals surface area contributed by atoms with Crippen LogP contribution in [0.25, 0.3) is 11.0 Å². The maximum absolute atomic E-state index is 13.8. The van der Waals surface area contributed by atoms with Crippen molar-refractivity contribution in [1.29, 1.82) is 0 Å². The predicted octanol–water partition coefficient (Wildman–Crippen LogP) is 5.40. The molecule has 0 spiro atoms. The van der Waals surface area contributed by atoms with Crippen molar-refractivity contribution in [2.45, 2.75) is 73.4 Å². The van der Waals surface area contributed by atoms with Crippen molar-refractivity contribution < 1.29 is 9.18 Å². The number of carbonyl (C=O) groups is 1. The summed E-state index contributed by atoms with van der Waals surface area (Å²) in [6.45, 7) is 12.5. The van der Waals surface area contributed by atoms with Crippen LogP contribution in [-0.2, 0) is 17.9 Å². The fourth-order valence-electron chi connectivity index (χ4n) is 4.66. The molecular weight excluding hydrogens is 353 g/mol. The maximum Gasteiger partial charge on any atom is 0.224 e. The third kappa shape index (κ3) is 4.92. The largest absolute Gasteiger partial charge is 0.324 e. The van der Waals surface area contributed by atoms with Crippen LogP contribution in [0.15, 0.2) is 18.2 Å². The number of aromatic nitrogens is 2. The molecule has 0 bridgehead atoms. The van der Waals surface area contributed by atoms with E-state index in [1.54, 1.807) is 6.07 Å². The third-order valence-electron chi connectivity index (χ3n) is 5.58. The predicted molar refractivity (Wildman–Crippen MR) is 111 cm³/mol. The molecular formula is C23H34FN3O. The maximum atomic E-state index is 13.8. The molecule has 2 aromatic rings. The number of halogens is 1. The molecule has 1 saturated heterocycles. The Hall–Kier alpha value is -1.91. The van der Waals surface area contributed by atoms with Gasteiger partial charge >= 0.3 is 0 Å². The number of benzene rings is 1. The minimum atomic E-state index is -0.272. The van der Waals surface area contributed by atoms with E-state index in [0.29, 0.717) is 30.4 Å². The van der Waals surface area contributed by atoms with Gasteiger partial charge in [0.05, 0.1) is 17.7 Å². The Kier molecular flexibility index (Phi) is 6.11. The molecule has 1 aliphatic heterocycles. The zero-order chi connectivity index (χ0) is 20.5. The number of hydrogen-bond acceptors (Lipinski definition) is 2. The molecule has 1 aromatic heterocycles. The average Bonchev–Trinajstić information content (AvgIpc) is 3.06. The van der Waals surface area contributed by atoms with E-state index in [4.69, 9.17) is 4.98 Å². The first kappa shape index (κ1) is 20.8. The normalized spacial score (nSPS) is 19.0. The lowest BCUT2D eigenvalue weighted by Crippen LogP contribution is -2.29. The number of carbonyl (C=O) groups excluding carboxylic acids is 1. The van der Waals surface area contributed by atoms with Gasteiger partial charge in [0.25, 0.3) is 0 Å². The van der Waals surface area contributed by atoms with Gasteiger partial charge in [-0.25, -0.2) is 9.37 Å². The van der Waals surface area contributed by atoms with Crippen molar-refractivity contribution in [2.24, 2.45) is 17.3 Å². The molecule has 0 saturated carbocycles. The summed E-state index contributed by atoms with van der Waals surface area (Å²) in [5.74, 6) is 1.81. The van der Waals surface area contributed by atoms with Crippen molar-refractivity contribution in [2.75, 3.05) is 6.54 Å².